The first-order valence-corrected chi connectivity index (χ1v) is 15.7. The third-order valence-electron chi connectivity index (χ3n) is 7.36. The molecule has 41 heavy (non-hydrogen) atoms. The van der Waals surface area contributed by atoms with E-state index in [-0.39, 0.29) is 23.4 Å². The minimum atomic E-state index is -4.13. The summed E-state index contributed by atoms with van der Waals surface area (Å²) in [4.78, 5) is 28.9. The first kappa shape index (κ1) is 30.1. The Morgan fingerprint density at radius 3 is 2.12 bits per heavy atom. The molecule has 0 spiro atoms. The van der Waals surface area contributed by atoms with Crippen molar-refractivity contribution in [1.82, 2.24) is 10.2 Å². The summed E-state index contributed by atoms with van der Waals surface area (Å²) in [6.07, 6.45) is 5.15. The quantitative estimate of drug-likeness (QED) is 0.321. The normalized spacial score (nSPS) is 14.6. The fourth-order valence-electron chi connectivity index (χ4n) is 5.06. The number of rotatable bonds is 12. The van der Waals surface area contributed by atoms with Gasteiger partial charge >= 0.3 is 0 Å². The number of hydrogen-bond donors (Lipinski definition) is 1. The van der Waals surface area contributed by atoms with Crippen LogP contribution >= 0.6 is 0 Å². The number of nitrogens with zero attached hydrogens (tertiary/aromatic N) is 2. The topological polar surface area (TPSA) is 96.0 Å². The zero-order valence-corrected chi connectivity index (χ0v) is 24.6. The van der Waals surface area contributed by atoms with Gasteiger partial charge in [0.05, 0.1) is 17.2 Å². The maximum Gasteiger partial charge on any atom is 0.264 e. The molecule has 1 aliphatic rings. The minimum absolute atomic E-state index is 0.0373. The number of para-hydroxylation sites is 1. The van der Waals surface area contributed by atoms with Gasteiger partial charge in [-0.3, -0.25) is 13.9 Å². The van der Waals surface area contributed by atoms with Gasteiger partial charge in [0.25, 0.3) is 10.0 Å². The Kier molecular flexibility index (Phi) is 10.4. The molecule has 1 fully saturated rings. The lowest BCUT2D eigenvalue weighted by Gasteiger charge is -2.33. The van der Waals surface area contributed by atoms with Crippen molar-refractivity contribution in [3.63, 3.8) is 0 Å². The average molecular weight is 578 g/mol. The van der Waals surface area contributed by atoms with E-state index in [1.54, 1.807) is 49.4 Å². The molecule has 0 unspecified atom stereocenters. The van der Waals surface area contributed by atoms with Crippen molar-refractivity contribution in [3.05, 3.63) is 90.5 Å². The van der Waals surface area contributed by atoms with E-state index >= 15 is 0 Å². The second-order valence-electron chi connectivity index (χ2n) is 10.3. The predicted octanol–water partition coefficient (Wildman–Crippen LogP) is 5.15. The molecule has 0 aliphatic heterocycles. The van der Waals surface area contributed by atoms with Gasteiger partial charge in [-0.25, -0.2) is 8.42 Å². The smallest absolute Gasteiger partial charge is 0.264 e. The van der Waals surface area contributed by atoms with Crippen molar-refractivity contribution < 1.29 is 22.7 Å². The fourth-order valence-corrected chi connectivity index (χ4v) is 6.47. The molecule has 0 bridgehead atoms. The molecule has 4 rings (SSSR count). The Morgan fingerprint density at radius 2 is 1.51 bits per heavy atom. The number of anilines is 1. The summed E-state index contributed by atoms with van der Waals surface area (Å²) in [6.45, 7) is 3.72. The molecule has 1 atom stereocenters. The molecular weight excluding hydrogens is 538 g/mol. The van der Waals surface area contributed by atoms with Crippen molar-refractivity contribution in [2.24, 2.45) is 0 Å². The maximum absolute atomic E-state index is 14.0. The summed E-state index contributed by atoms with van der Waals surface area (Å²) >= 11 is 0. The van der Waals surface area contributed by atoms with E-state index in [0.29, 0.717) is 18.0 Å². The Hall–Kier alpha value is -3.85. The van der Waals surface area contributed by atoms with E-state index < -0.39 is 28.5 Å². The highest BCUT2D eigenvalue weighted by molar-refractivity contribution is 7.92. The van der Waals surface area contributed by atoms with Gasteiger partial charge in [0.2, 0.25) is 11.8 Å². The summed E-state index contributed by atoms with van der Waals surface area (Å²) in [6, 6.07) is 23.4. The Morgan fingerprint density at radius 1 is 0.902 bits per heavy atom. The van der Waals surface area contributed by atoms with Crippen LogP contribution in [0.1, 0.15) is 51.5 Å². The van der Waals surface area contributed by atoms with Crippen LogP contribution in [-0.4, -0.2) is 50.4 Å². The van der Waals surface area contributed by atoms with Gasteiger partial charge in [-0.2, -0.15) is 0 Å². The third kappa shape index (κ3) is 7.88. The van der Waals surface area contributed by atoms with Crippen LogP contribution in [0.25, 0.3) is 0 Å². The summed E-state index contributed by atoms with van der Waals surface area (Å²) in [7, 11) is -4.13. The molecule has 9 heteroatoms. The lowest BCUT2D eigenvalue weighted by atomic mass is 9.95. The van der Waals surface area contributed by atoms with Crippen molar-refractivity contribution in [1.29, 1.82) is 0 Å². The monoisotopic (exact) mass is 577 g/mol. The minimum Gasteiger partial charge on any atom is -0.494 e. The molecule has 218 valence electrons. The van der Waals surface area contributed by atoms with E-state index in [9.17, 15) is 18.0 Å². The molecule has 1 saturated carbocycles. The van der Waals surface area contributed by atoms with Gasteiger partial charge in [-0.05, 0) is 68.7 Å². The van der Waals surface area contributed by atoms with Gasteiger partial charge in [0, 0.05) is 12.6 Å². The number of benzene rings is 3. The van der Waals surface area contributed by atoms with Crippen LogP contribution in [0.4, 0.5) is 5.69 Å². The first-order chi connectivity index (χ1) is 19.8. The molecule has 3 aromatic carbocycles. The van der Waals surface area contributed by atoms with Crippen molar-refractivity contribution in [2.75, 3.05) is 17.5 Å². The van der Waals surface area contributed by atoms with E-state index in [2.05, 4.69) is 5.32 Å². The van der Waals surface area contributed by atoms with Crippen LogP contribution in [0.15, 0.2) is 89.8 Å². The van der Waals surface area contributed by atoms with E-state index in [0.717, 1.165) is 35.6 Å². The van der Waals surface area contributed by atoms with Crippen LogP contribution in [0.5, 0.6) is 5.75 Å². The second kappa shape index (κ2) is 14.2. The van der Waals surface area contributed by atoms with Crippen LogP contribution in [-0.2, 0) is 26.2 Å². The zero-order chi connectivity index (χ0) is 29.2. The van der Waals surface area contributed by atoms with Crippen LogP contribution in [0.3, 0.4) is 0 Å². The highest BCUT2D eigenvalue weighted by atomic mass is 32.2. The molecule has 0 radical (unpaired) electrons. The van der Waals surface area contributed by atoms with Gasteiger partial charge in [0.15, 0.2) is 0 Å². The summed E-state index contributed by atoms with van der Waals surface area (Å²) in [5.41, 5.74) is 1.20. The first-order valence-electron chi connectivity index (χ1n) is 14.2. The summed E-state index contributed by atoms with van der Waals surface area (Å²) in [5.74, 6) is -0.152. The fraction of sp³-hybridized carbons (Fsp3) is 0.375. The molecule has 3 aromatic rings. The zero-order valence-electron chi connectivity index (χ0n) is 23.7. The molecule has 0 heterocycles. The highest BCUT2D eigenvalue weighted by Gasteiger charge is 2.33. The SMILES string of the molecule is CCOc1ccc(S(=O)(=O)N(CC(=O)N(Cc2ccccc2)[C@@H](C)C(=O)NC2CCCCC2)c2ccccc2)cc1. The number of amides is 2. The number of carbonyl (C=O) groups excluding carboxylic acids is 2. The van der Waals surface area contributed by atoms with Crippen LogP contribution in [0, 0.1) is 0 Å². The molecular formula is C32H39N3O5S. The highest BCUT2D eigenvalue weighted by Crippen LogP contribution is 2.26. The lowest BCUT2D eigenvalue weighted by Crippen LogP contribution is -2.53. The lowest BCUT2D eigenvalue weighted by molar-refractivity contribution is -0.139. The van der Waals surface area contributed by atoms with Crippen LogP contribution in [0.2, 0.25) is 0 Å². The van der Waals surface area contributed by atoms with Gasteiger partial charge in [-0.1, -0.05) is 67.8 Å². The molecule has 1 aliphatic carbocycles. The predicted molar refractivity (Wildman–Crippen MR) is 160 cm³/mol. The number of ether oxygens (including phenoxy) is 1. The van der Waals surface area contributed by atoms with E-state index in [1.807, 2.05) is 37.3 Å². The third-order valence-corrected chi connectivity index (χ3v) is 9.15. The Balaban J connectivity index is 1.63. The molecule has 8 nitrogen and oxygen atoms in total. The van der Waals surface area contributed by atoms with E-state index in [4.69, 9.17) is 4.74 Å². The number of carbonyl (C=O) groups is 2. The Labute approximate surface area is 243 Å². The summed E-state index contributed by atoms with van der Waals surface area (Å²) in [5, 5.41) is 3.12. The van der Waals surface area contributed by atoms with E-state index in [1.165, 1.54) is 23.5 Å². The van der Waals surface area contributed by atoms with Gasteiger partial charge < -0.3 is 15.0 Å². The van der Waals surface area contributed by atoms with Crippen molar-refractivity contribution in [3.8, 4) is 5.75 Å². The maximum atomic E-state index is 14.0. The molecule has 0 aromatic heterocycles. The van der Waals surface area contributed by atoms with Gasteiger partial charge in [0.1, 0.15) is 18.3 Å². The molecule has 1 N–H and O–H groups in total. The number of hydrogen-bond acceptors (Lipinski definition) is 5. The summed E-state index contributed by atoms with van der Waals surface area (Å²) < 4.78 is 34.4. The second-order valence-corrected chi connectivity index (χ2v) is 12.1. The van der Waals surface area contributed by atoms with Crippen molar-refractivity contribution in [2.45, 2.75) is 69.5 Å². The Bertz CT molecular complexity index is 1380. The van der Waals surface area contributed by atoms with Gasteiger partial charge in [-0.15, -0.1) is 0 Å². The number of sulfonamides is 1. The average Bonchev–Trinajstić information content (AvgIpc) is 3.00. The number of nitrogens with one attached hydrogen (secondary N) is 1. The largest absolute Gasteiger partial charge is 0.494 e. The van der Waals surface area contributed by atoms with Crippen molar-refractivity contribution >= 4 is 27.5 Å². The molecule has 0 saturated heterocycles. The standard InChI is InChI=1S/C32H39N3O5S/c1-3-40-29-19-21-30(22-20-29)41(38,39)35(28-17-11-6-12-18-28)24-31(36)34(23-26-13-7-4-8-14-26)25(2)32(37)33-27-15-9-5-10-16-27/h4,6-8,11-14,17-22,25,27H,3,5,9-10,15-16,23-24H2,1-2H3,(H,33,37)/t25-/m0/s1. The van der Waals surface area contributed by atoms with Crippen LogP contribution < -0.4 is 14.4 Å². The molecule has 2 amide bonds.